The number of aromatic amines is 1. The van der Waals surface area contributed by atoms with Crippen LogP contribution in [0.4, 0.5) is 5.82 Å². The van der Waals surface area contributed by atoms with Gasteiger partial charge in [-0.1, -0.05) is 25.1 Å². The number of H-pyrrole nitrogens is 1. The number of para-hydroxylation sites is 1. The van der Waals surface area contributed by atoms with Crippen LogP contribution in [0, 0.1) is 6.92 Å². The van der Waals surface area contributed by atoms with Crippen LogP contribution < -0.4 is 10.2 Å². The first kappa shape index (κ1) is 19.4. The fourth-order valence-corrected chi connectivity index (χ4v) is 4.28. The van der Waals surface area contributed by atoms with Crippen LogP contribution in [0.2, 0.25) is 0 Å². The van der Waals surface area contributed by atoms with Gasteiger partial charge in [0.15, 0.2) is 0 Å². The summed E-state index contributed by atoms with van der Waals surface area (Å²) >= 11 is 0. The lowest BCUT2D eigenvalue weighted by Gasteiger charge is -2.36. The number of aryl methyl sites for hydroxylation is 1. The average molecular weight is 392 g/mol. The Morgan fingerprint density at radius 3 is 3.00 bits per heavy atom. The SMILES string of the molecule is CCC1CCCCN1c1cc(C(=O)NCCc2c[nH]c3ccccc23)nc(C)n1. The lowest BCUT2D eigenvalue weighted by atomic mass is 10.00. The molecule has 3 aromatic rings. The number of nitrogens with one attached hydrogen (secondary N) is 2. The van der Waals surface area contributed by atoms with Gasteiger partial charge in [-0.25, -0.2) is 9.97 Å². The second kappa shape index (κ2) is 8.64. The second-order valence-corrected chi connectivity index (χ2v) is 7.78. The van der Waals surface area contributed by atoms with Gasteiger partial charge in [0.2, 0.25) is 0 Å². The number of fused-ring (bicyclic) bond motifs is 1. The summed E-state index contributed by atoms with van der Waals surface area (Å²) < 4.78 is 0. The molecule has 1 unspecified atom stereocenters. The Morgan fingerprint density at radius 2 is 2.14 bits per heavy atom. The van der Waals surface area contributed by atoms with E-state index in [2.05, 4.69) is 44.2 Å². The lowest BCUT2D eigenvalue weighted by Crippen LogP contribution is -2.40. The number of carbonyl (C=O) groups is 1. The monoisotopic (exact) mass is 391 g/mol. The Labute approximate surface area is 171 Å². The molecule has 1 saturated heterocycles. The zero-order valence-electron chi connectivity index (χ0n) is 17.2. The molecule has 0 saturated carbocycles. The molecule has 6 nitrogen and oxygen atoms in total. The highest BCUT2D eigenvalue weighted by Gasteiger charge is 2.23. The van der Waals surface area contributed by atoms with Crippen LogP contribution in [-0.4, -0.2) is 40.0 Å². The van der Waals surface area contributed by atoms with Crippen molar-refractivity contribution >= 4 is 22.6 Å². The molecule has 2 N–H and O–H groups in total. The van der Waals surface area contributed by atoms with Gasteiger partial charge in [-0.2, -0.15) is 0 Å². The molecule has 1 atom stereocenters. The third-order valence-corrected chi connectivity index (χ3v) is 5.80. The van der Waals surface area contributed by atoms with Crippen LogP contribution in [0.3, 0.4) is 0 Å². The predicted octanol–water partition coefficient (Wildman–Crippen LogP) is 4.01. The number of rotatable bonds is 6. The minimum Gasteiger partial charge on any atom is -0.361 e. The van der Waals surface area contributed by atoms with Crippen molar-refractivity contribution in [2.75, 3.05) is 18.0 Å². The van der Waals surface area contributed by atoms with Gasteiger partial charge >= 0.3 is 0 Å². The number of hydrogen-bond donors (Lipinski definition) is 2. The Bertz CT molecular complexity index is 996. The van der Waals surface area contributed by atoms with Crippen molar-refractivity contribution in [3.05, 3.63) is 53.6 Å². The minimum absolute atomic E-state index is 0.137. The summed E-state index contributed by atoms with van der Waals surface area (Å²) in [4.78, 5) is 27.4. The normalized spacial score (nSPS) is 16.9. The molecular weight excluding hydrogens is 362 g/mol. The first-order valence-corrected chi connectivity index (χ1v) is 10.6. The summed E-state index contributed by atoms with van der Waals surface area (Å²) in [6, 6.07) is 10.6. The predicted molar refractivity (Wildman–Crippen MR) is 116 cm³/mol. The zero-order valence-corrected chi connectivity index (χ0v) is 17.2. The maximum absolute atomic E-state index is 12.7. The van der Waals surface area contributed by atoms with E-state index in [0.29, 0.717) is 24.1 Å². The van der Waals surface area contributed by atoms with E-state index in [4.69, 9.17) is 0 Å². The molecule has 6 heteroatoms. The van der Waals surface area contributed by atoms with Crippen LogP contribution in [-0.2, 0) is 6.42 Å². The van der Waals surface area contributed by atoms with E-state index in [1.54, 1.807) is 0 Å². The summed E-state index contributed by atoms with van der Waals surface area (Å²) in [5.74, 6) is 1.39. The number of hydrogen-bond acceptors (Lipinski definition) is 4. The maximum Gasteiger partial charge on any atom is 0.270 e. The van der Waals surface area contributed by atoms with E-state index in [1.807, 2.05) is 31.3 Å². The van der Waals surface area contributed by atoms with Crippen LogP contribution in [0.5, 0.6) is 0 Å². The quantitative estimate of drug-likeness (QED) is 0.666. The van der Waals surface area contributed by atoms with Crippen molar-refractivity contribution in [2.24, 2.45) is 0 Å². The molecule has 2 aromatic heterocycles. The van der Waals surface area contributed by atoms with Crippen LogP contribution in [0.15, 0.2) is 36.5 Å². The van der Waals surface area contributed by atoms with E-state index >= 15 is 0 Å². The highest BCUT2D eigenvalue weighted by Crippen LogP contribution is 2.25. The number of nitrogens with zero attached hydrogens (tertiary/aromatic N) is 3. The van der Waals surface area contributed by atoms with Gasteiger partial charge in [0.1, 0.15) is 17.3 Å². The number of aromatic nitrogens is 3. The Hall–Kier alpha value is -2.89. The smallest absolute Gasteiger partial charge is 0.270 e. The van der Waals surface area contributed by atoms with E-state index in [0.717, 1.165) is 30.7 Å². The van der Waals surface area contributed by atoms with Crippen molar-refractivity contribution in [1.29, 1.82) is 0 Å². The highest BCUT2D eigenvalue weighted by atomic mass is 16.1. The molecule has 3 heterocycles. The number of piperidine rings is 1. The van der Waals surface area contributed by atoms with Crippen LogP contribution in [0.1, 0.15) is 54.5 Å². The molecular formula is C23H29N5O. The molecule has 4 rings (SSSR count). The maximum atomic E-state index is 12.7. The Balaban J connectivity index is 1.43. The molecule has 0 aliphatic carbocycles. The van der Waals surface area contributed by atoms with E-state index in [1.165, 1.54) is 30.2 Å². The van der Waals surface area contributed by atoms with E-state index < -0.39 is 0 Å². The minimum atomic E-state index is -0.137. The van der Waals surface area contributed by atoms with Gasteiger partial charge < -0.3 is 15.2 Å². The van der Waals surface area contributed by atoms with Gasteiger partial charge in [0, 0.05) is 42.3 Å². The third kappa shape index (κ3) is 4.26. The van der Waals surface area contributed by atoms with E-state index in [-0.39, 0.29) is 5.91 Å². The fraction of sp³-hybridized carbons (Fsp3) is 0.435. The molecule has 152 valence electrons. The Kier molecular flexibility index (Phi) is 5.79. The third-order valence-electron chi connectivity index (χ3n) is 5.80. The second-order valence-electron chi connectivity index (χ2n) is 7.78. The first-order valence-electron chi connectivity index (χ1n) is 10.6. The molecule has 1 aliphatic heterocycles. The summed E-state index contributed by atoms with van der Waals surface area (Å²) in [5, 5.41) is 4.23. The topological polar surface area (TPSA) is 73.9 Å². The molecule has 1 amide bonds. The summed E-state index contributed by atoms with van der Waals surface area (Å²) in [7, 11) is 0. The zero-order chi connectivity index (χ0) is 20.2. The molecule has 0 bridgehead atoms. The van der Waals surface area contributed by atoms with Gasteiger partial charge in [-0.3, -0.25) is 4.79 Å². The highest BCUT2D eigenvalue weighted by molar-refractivity contribution is 5.93. The molecule has 1 fully saturated rings. The van der Waals surface area contributed by atoms with Gasteiger partial charge in [-0.05, 0) is 50.7 Å². The number of benzene rings is 1. The summed E-state index contributed by atoms with van der Waals surface area (Å²) in [6.07, 6.45) is 7.51. The molecule has 29 heavy (non-hydrogen) atoms. The first-order chi connectivity index (χ1) is 14.2. The van der Waals surface area contributed by atoms with Crippen molar-refractivity contribution in [1.82, 2.24) is 20.3 Å². The van der Waals surface area contributed by atoms with Gasteiger partial charge in [0.25, 0.3) is 5.91 Å². The summed E-state index contributed by atoms with van der Waals surface area (Å²) in [6.45, 7) is 5.64. The number of amides is 1. The standard InChI is InChI=1S/C23H29N5O/c1-3-18-8-6-7-13-28(18)22-14-21(26-16(2)27-22)23(29)24-12-11-17-15-25-20-10-5-4-9-19(17)20/h4-5,9-10,14-15,18,25H,3,6-8,11-13H2,1-2H3,(H,24,29). The lowest BCUT2D eigenvalue weighted by molar-refractivity contribution is 0.0948. The van der Waals surface area contributed by atoms with Gasteiger partial charge in [0.05, 0.1) is 0 Å². The van der Waals surface area contributed by atoms with Crippen molar-refractivity contribution < 1.29 is 4.79 Å². The molecule has 1 aliphatic rings. The van der Waals surface area contributed by atoms with Crippen molar-refractivity contribution in [2.45, 2.75) is 52.0 Å². The molecule has 1 aromatic carbocycles. The fourth-order valence-electron chi connectivity index (χ4n) is 4.28. The van der Waals surface area contributed by atoms with Crippen molar-refractivity contribution in [3.63, 3.8) is 0 Å². The van der Waals surface area contributed by atoms with E-state index in [9.17, 15) is 4.79 Å². The number of carbonyl (C=O) groups excluding carboxylic acids is 1. The molecule has 0 spiro atoms. The van der Waals surface area contributed by atoms with Crippen LogP contribution in [0.25, 0.3) is 10.9 Å². The average Bonchev–Trinajstić information content (AvgIpc) is 3.16. The number of anilines is 1. The van der Waals surface area contributed by atoms with Gasteiger partial charge in [-0.15, -0.1) is 0 Å². The Morgan fingerprint density at radius 1 is 1.28 bits per heavy atom. The van der Waals surface area contributed by atoms with Crippen molar-refractivity contribution in [3.8, 4) is 0 Å². The van der Waals surface area contributed by atoms with Crippen LogP contribution >= 0.6 is 0 Å². The largest absolute Gasteiger partial charge is 0.361 e. The molecule has 0 radical (unpaired) electrons. The summed E-state index contributed by atoms with van der Waals surface area (Å²) in [5.41, 5.74) is 2.78.